The zero-order chi connectivity index (χ0) is 13.0. The summed E-state index contributed by atoms with van der Waals surface area (Å²) in [6, 6.07) is 8.07. The molecule has 0 amide bonds. The number of ether oxygens (including phenoxy) is 2. The summed E-state index contributed by atoms with van der Waals surface area (Å²) in [5.74, 6) is 0.684. The Labute approximate surface area is 107 Å². The number of hydrogen-bond donors (Lipinski definition) is 0. The van der Waals surface area contributed by atoms with Gasteiger partial charge in [0.2, 0.25) is 0 Å². The summed E-state index contributed by atoms with van der Waals surface area (Å²) >= 11 is 0. The predicted octanol–water partition coefficient (Wildman–Crippen LogP) is 1.83. The minimum atomic E-state index is -0.189. The van der Waals surface area contributed by atoms with Gasteiger partial charge < -0.3 is 9.47 Å². The lowest BCUT2D eigenvalue weighted by Crippen LogP contribution is -2.24. The van der Waals surface area contributed by atoms with Gasteiger partial charge in [0.1, 0.15) is 11.9 Å². The van der Waals surface area contributed by atoms with Crippen LogP contribution in [-0.4, -0.2) is 37.2 Å². The molecule has 0 bridgehead atoms. The number of esters is 1. The lowest BCUT2D eigenvalue weighted by atomic mass is 10.2. The van der Waals surface area contributed by atoms with Crippen LogP contribution in [0.1, 0.15) is 18.9 Å². The van der Waals surface area contributed by atoms with E-state index in [2.05, 4.69) is 17.0 Å². The minimum absolute atomic E-state index is 0.0562. The van der Waals surface area contributed by atoms with E-state index in [0.717, 1.165) is 31.8 Å². The molecule has 1 saturated heterocycles. The Kier molecular flexibility index (Phi) is 4.20. The molecule has 0 spiro atoms. The van der Waals surface area contributed by atoms with Crippen molar-refractivity contribution < 1.29 is 14.3 Å². The predicted molar refractivity (Wildman–Crippen MR) is 68.4 cm³/mol. The van der Waals surface area contributed by atoms with Crippen LogP contribution in [0.2, 0.25) is 0 Å². The van der Waals surface area contributed by atoms with Crippen LogP contribution in [0.25, 0.3) is 0 Å². The molecule has 0 N–H and O–H groups in total. The Morgan fingerprint density at radius 1 is 1.39 bits per heavy atom. The number of rotatable bonds is 4. The molecule has 1 aromatic carbocycles. The number of methoxy groups -OCH3 is 1. The van der Waals surface area contributed by atoms with E-state index in [9.17, 15) is 4.79 Å². The van der Waals surface area contributed by atoms with Crippen LogP contribution < -0.4 is 4.74 Å². The molecule has 1 aliphatic rings. The fraction of sp³-hybridized carbons (Fsp3) is 0.500. The molecule has 0 aromatic heterocycles. The number of likely N-dealkylation sites (tertiary alicyclic amines) is 1. The third-order valence-corrected chi connectivity index (χ3v) is 3.13. The second kappa shape index (κ2) is 5.87. The van der Waals surface area contributed by atoms with Crippen molar-refractivity contribution in [1.82, 2.24) is 4.90 Å². The highest BCUT2D eigenvalue weighted by Crippen LogP contribution is 2.18. The van der Waals surface area contributed by atoms with Gasteiger partial charge in [0, 0.05) is 26.6 Å². The highest BCUT2D eigenvalue weighted by molar-refractivity contribution is 5.66. The monoisotopic (exact) mass is 249 g/mol. The fourth-order valence-electron chi connectivity index (χ4n) is 2.26. The van der Waals surface area contributed by atoms with Crippen molar-refractivity contribution in [3.63, 3.8) is 0 Å². The zero-order valence-electron chi connectivity index (χ0n) is 10.9. The number of carbonyl (C=O) groups excluding carboxylic acids is 1. The Bertz CT molecular complexity index is 402. The molecule has 1 aliphatic heterocycles. The van der Waals surface area contributed by atoms with Gasteiger partial charge in [-0.25, -0.2) is 0 Å². The van der Waals surface area contributed by atoms with E-state index in [1.54, 1.807) is 7.11 Å². The van der Waals surface area contributed by atoms with Gasteiger partial charge in [-0.15, -0.1) is 0 Å². The van der Waals surface area contributed by atoms with E-state index >= 15 is 0 Å². The molecule has 1 atom stereocenters. The van der Waals surface area contributed by atoms with Crippen LogP contribution in [-0.2, 0) is 16.1 Å². The first-order valence-corrected chi connectivity index (χ1v) is 6.20. The molecule has 18 heavy (non-hydrogen) atoms. The summed E-state index contributed by atoms with van der Waals surface area (Å²) in [6.45, 7) is 4.16. The van der Waals surface area contributed by atoms with Crippen LogP contribution in [0.3, 0.4) is 0 Å². The van der Waals surface area contributed by atoms with Crippen molar-refractivity contribution >= 4 is 5.97 Å². The second-order valence-corrected chi connectivity index (χ2v) is 4.60. The molecule has 0 aliphatic carbocycles. The molecular formula is C14H19NO3. The zero-order valence-corrected chi connectivity index (χ0v) is 10.9. The first-order valence-electron chi connectivity index (χ1n) is 6.20. The maximum atomic E-state index is 10.9. The molecule has 4 heteroatoms. The lowest BCUT2D eigenvalue weighted by molar-refractivity contribution is -0.145. The first kappa shape index (κ1) is 12.9. The molecule has 98 valence electrons. The normalized spacial score (nSPS) is 19.8. The van der Waals surface area contributed by atoms with Crippen molar-refractivity contribution in [1.29, 1.82) is 0 Å². The van der Waals surface area contributed by atoms with E-state index < -0.39 is 0 Å². The van der Waals surface area contributed by atoms with Gasteiger partial charge in [0.05, 0.1) is 7.11 Å². The maximum Gasteiger partial charge on any atom is 0.302 e. The van der Waals surface area contributed by atoms with Crippen molar-refractivity contribution in [2.24, 2.45) is 0 Å². The van der Waals surface area contributed by atoms with Gasteiger partial charge >= 0.3 is 5.97 Å². The van der Waals surface area contributed by atoms with E-state index in [-0.39, 0.29) is 12.1 Å². The molecule has 1 aromatic rings. The van der Waals surface area contributed by atoms with E-state index in [0.29, 0.717) is 0 Å². The molecular weight excluding hydrogens is 230 g/mol. The van der Waals surface area contributed by atoms with Gasteiger partial charge in [0.25, 0.3) is 0 Å². The third-order valence-electron chi connectivity index (χ3n) is 3.13. The van der Waals surface area contributed by atoms with Crippen molar-refractivity contribution in [2.45, 2.75) is 26.0 Å². The van der Waals surface area contributed by atoms with E-state index in [1.807, 2.05) is 12.1 Å². The highest BCUT2D eigenvalue weighted by Gasteiger charge is 2.24. The average Bonchev–Trinajstić information content (AvgIpc) is 2.76. The SMILES string of the molecule is COc1ccc(CN2CCC(OC(C)=O)C2)cc1. The second-order valence-electron chi connectivity index (χ2n) is 4.60. The highest BCUT2D eigenvalue weighted by atomic mass is 16.5. The summed E-state index contributed by atoms with van der Waals surface area (Å²) < 4.78 is 10.3. The summed E-state index contributed by atoms with van der Waals surface area (Å²) in [5.41, 5.74) is 1.25. The average molecular weight is 249 g/mol. The Morgan fingerprint density at radius 3 is 2.72 bits per heavy atom. The molecule has 2 rings (SSSR count). The molecule has 0 radical (unpaired) electrons. The number of hydrogen-bond acceptors (Lipinski definition) is 4. The minimum Gasteiger partial charge on any atom is -0.497 e. The topological polar surface area (TPSA) is 38.8 Å². The first-order chi connectivity index (χ1) is 8.67. The molecule has 1 heterocycles. The van der Waals surface area contributed by atoms with E-state index in [1.165, 1.54) is 12.5 Å². The quantitative estimate of drug-likeness (QED) is 0.763. The van der Waals surface area contributed by atoms with Crippen LogP contribution in [0.4, 0.5) is 0 Å². The summed E-state index contributed by atoms with van der Waals surface area (Å²) in [4.78, 5) is 13.2. The third kappa shape index (κ3) is 3.47. The van der Waals surface area contributed by atoms with Crippen molar-refractivity contribution in [3.8, 4) is 5.75 Å². The van der Waals surface area contributed by atoms with Gasteiger partial charge in [0.15, 0.2) is 0 Å². The van der Waals surface area contributed by atoms with Crippen LogP contribution in [0.5, 0.6) is 5.75 Å². The molecule has 0 saturated carbocycles. The van der Waals surface area contributed by atoms with E-state index in [4.69, 9.17) is 9.47 Å². The van der Waals surface area contributed by atoms with Gasteiger partial charge in [-0.3, -0.25) is 9.69 Å². The maximum absolute atomic E-state index is 10.9. The smallest absolute Gasteiger partial charge is 0.302 e. The summed E-state index contributed by atoms with van der Waals surface area (Å²) in [7, 11) is 1.67. The number of carbonyl (C=O) groups is 1. The summed E-state index contributed by atoms with van der Waals surface area (Å²) in [5, 5.41) is 0. The molecule has 4 nitrogen and oxygen atoms in total. The van der Waals surface area contributed by atoms with Gasteiger partial charge in [-0.1, -0.05) is 12.1 Å². The standard InChI is InChI=1S/C14H19NO3/c1-11(16)18-14-7-8-15(10-14)9-12-3-5-13(17-2)6-4-12/h3-6,14H,7-10H2,1-2H3. The Hall–Kier alpha value is -1.55. The van der Waals surface area contributed by atoms with Crippen molar-refractivity contribution in [3.05, 3.63) is 29.8 Å². The van der Waals surface area contributed by atoms with Crippen LogP contribution in [0.15, 0.2) is 24.3 Å². The number of nitrogens with zero attached hydrogens (tertiary/aromatic N) is 1. The largest absolute Gasteiger partial charge is 0.497 e. The molecule has 1 unspecified atom stereocenters. The van der Waals surface area contributed by atoms with Gasteiger partial charge in [-0.05, 0) is 24.1 Å². The lowest BCUT2D eigenvalue weighted by Gasteiger charge is -2.16. The Balaban J connectivity index is 1.85. The van der Waals surface area contributed by atoms with Crippen LogP contribution >= 0.6 is 0 Å². The fourth-order valence-corrected chi connectivity index (χ4v) is 2.26. The number of benzene rings is 1. The van der Waals surface area contributed by atoms with Gasteiger partial charge in [-0.2, -0.15) is 0 Å². The van der Waals surface area contributed by atoms with Crippen molar-refractivity contribution in [2.75, 3.05) is 20.2 Å². The van der Waals surface area contributed by atoms with Crippen LogP contribution in [0, 0.1) is 0 Å². The molecule has 1 fully saturated rings. The Morgan fingerprint density at radius 2 is 2.11 bits per heavy atom. The summed E-state index contributed by atoms with van der Waals surface area (Å²) in [6.07, 6.45) is 0.983.